The molecule has 0 saturated carbocycles. The number of thiazole rings is 1. The van der Waals surface area contributed by atoms with E-state index < -0.39 is 0 Å². The molecule has 2 aromatic carbocycles. The van der Waals surface area contributed by atoms with Crippen LogP contribution in [0.15, 0.2) is 51.9 Å². The first-order valence-electron chi connectivity index (χ1n) is 7.36. The number of rotatable bonds is 5. The largest absolute Gasteiger partial charge is 0.507 e. The van der Waals surface area contributed by atoms with Crippen molar-refractivity contribution in [3.8, 4) is 5.75 Å². The molecule has 1 heterocycles. The van der Waals surface area contributed by atoms with Gasteiger partial charge in [-0.25, -0.2) is 10.4 Å². The Morgan fingerprint density at radius 1 is 1.40 bits per heavy atom. The number of phenols is 1. The molecule has 1 amide bonds. The molecule has 25 heavy (non-hydrogen) atoms. The van der Waals surface area contributed by atoms with E-state index >= 15 is 0 Å². The molecule has 0 aliphatic carbocycles. The number of nitrogens with one attached hydrogen (secondary N) is 1. The second-order valence-electron chi connectivity index (χ2n) is 5.14. The number of hydrogen-bond acceptors (Lipinski definition) is 6. The third-order valence-electron chi connectivity index (χ3n) is 3.29. The molecule has 128 valence electrons. The van der Waals surface area contributed by atoms with Gasteiger partial charge in [0.05, 0.1) is 21.7 Å². The minimum atomic E-state index is -0.356. The Labute approximate surface area is 157 Å². The maximum absolute atomic E-state index is 12.1. The van der Waals surface area contributed by atoms with Gasteiger partial charge in [-0.05, 0) is 37.3 Å². The van der Waals surface area contributed by atoms with Crippen molar-refractivity contribution < 1.29 is 9.90 Å². The minimum Gasteiger partial charge on any atom is -0.507 e. The van der Waals surface area contributed by atoms with Crippen LogP contribution in [-0.2, 0) is 4.79 Å². The summed E-state index contributed by atoms with van der Waals surface area (Å²) in [7, 11) is 0. The van der Waals surface area contributed by atoms with Crippen LogP contribution in [0.4, 0.5) is 0 Å². The summed E-state index contributed by atoms with van der Waals surface area (Å²) < 4.78 is 1.92. The zero-order chi connectivity index (χ0) is 17.8. The van der Waals surface area contributed by atoms with E-state index in [1.165, 1.54) is 24.0 Å². The molecule has 0 spiro atoms. The quantitative estimate of drug-likeness (QED) is 0.386. The molecular weight excluding hydrogens is 378 g/mol. The highest BCUT2D eigenvalue weighted by molar-refractivity contribution is 8.02. The van der Waals surface area contributed by atoms with Crippen LogP contribution in [-0.4, -0.2) is 27.5 Å². The lowest BCUT2D eigenvalue weighted by Crippen LogP contribution is -2.26. The first-order chi connectivity index (χ1) is 12.0. The molecular formula is C17H14ClN3O2S2. The van der Waals surface area contributed by atoms with Crippen molar-refractivity contribution in [2.24, 2.45) is 5.10 Å². The van der Waals surface area contributed by atoms with Crippen molar-refractivity contribution in [3.63, 3.8) is 0 Å². The van der Waals surface area contributed by atoms with Gasteiger partial charge in [-0.1, -0.05) is 35.5 Å². The number of carbonyl (C=O) groups excluding carboxylic acids is 1. The van der Waals surface area contributed by atoms with E-state index in [1.807, 2.05) is 24.3 Å². The number of carbonyl (C=O) groups is 1. The number of thioether (sulfide) groups is 1. The molecule has 3 aromatic rings. The summed E-state index contributed by atoms with van der Waals surface area (Å²) in [6, 6.07) is 12.5. The minimum absolute atomic E-state index is 0.0410. The van der Waals surface area contributed by atoms with Crippen molar-refractivity contribution in [1.82, 2.24) is 10.4 Å². The summed E-state index contributed by atoms with van der Waals surface area (Å²) >= 11 is 8.80. The molecule has 1 atom stereocenters. The van der Waals surface area contributed by atoms with E-state index in [-0.39, 0.29) is 16.9 Å². The highest BCUT2D eigenvalue weighted by Gasteiger charge is 2.16. The monoisotopic (exact) mass is 391 g/mol. The number of amides is 1. The highest BCUT2D eigenvalue weighted by atomic mass is 35.5. The van der Waals surface area contributed by atoms with Gasteiger partial charge in [-0.3, -0.25) is 4.79 Å². The van der Waals surface area contributed by atoms with Gasteiger partial charge in [0.1, 0.15) is 5.75 Å². The summed E-state index contributed by atoms with van der Waals surface area (Å²) in [5.74, 6) is -0.207. The van der Waals surface area contributed by atoms with Gasteiger partial charge in [0.2, 0.25) is 0 Å². The van der Waals surface area contributed by atoms with Crippen LogP contribution < -0.4 is 5.43 Å². The van der Waals surface area contributed by atoms with E-state index in [4.69, 9.17) is 11.6 Å². The second-order valence-corrected chi connectivity index (χ2v) is 8.20. The Morgan fingerprint density at radius 2 is 2.20 bits per heavy atom. The Balaban J connectivity index is 1.60. The topological polar surface area (TPSA) is 74.6 Å². The van der Waals surface area contributed by atoms with E-state index in [1.54, 1.807) is 30.4 Å². The molecule has 0 bridgehead atoms. The number of para-hydroxylation sites is 1. The number of benzene rings is 2. The van der Waals surface area contributed by atoms with Gasteiger partial charge in [-0.2, -0.15) is 5.10 Å². The number of aromatic nitrogens is 1. The van der Waals surface area contributed by atoms with Crippen LogP contribution in [0.1, 0.15) is 12.5 Å². The van der Waals surface area contributed by atoms with Crippen molar-refractivity contribution in [2.45, 2.75) is 16.5 Å². The smallest absolute Gasteiger partial charge is 0.253 e. The summed E-state index contributed by atoms with van der Waals surface area (Å²) in [4.78, 5) is 16.6. The van der Waals surface area contributed by atoms with E-state index in [0.29, 0.717) is 10.6 Å². The molecule has 5 nitrogen and oxygen atoms in total. The zero-order valence-corrected chi connectivity index (χ0v) is 15.5. The molecule has 3 rings (SSSR count). The Kier molecular flexibility index (Phi) is 5.57. The van der Waals surface area contributed by atoms with Gasteiger partial charge in [0.15, 0.2) is 4.34 Å². The van der Waals surface area contributed by atoms with Gasteiger partial charge >= 0.3 is 0 Å². The number of fused-ring (bicyclic) bond motifs is 1. The molecule has 8 heteroatoms. The Hall–Kier alpha value is -2.09. The molecule has 0 saturated heterocycles. The third kappa shape index (κ3) is 4.50. The van der Waals surface area contributed by atoms with Crippen molar-refractivity contribution >= 4 is 57.0 Å². The molecule has 0 fully saturated rings. The van der Waals surface area contributed by atoms with Crippen LogP contribution in [0, 0.1) is 0 Å². The molecule has 0 aliphatic heterocycles. The molecule has 1 unspecified atom stereocenters. The van der Waals surface area contributed by atoms with E-state index in [2.05, 4.69) is 15.5 Å². The lowest BCUT2D eigenvalue weighted by Gasteiger charge is -2.06. The lowest BCUT2D eigenvalue weighted by molar-refractivity contribution is -0.120. The summed E-state index contributed by atoms with van der Waals surface area (Å²) in [6.07, 6.45) is 1.36. The number of phenolic OH excluding ortho intramolecular Hbond substituents is 1. The van der Waals surface area contributed by atoms with Crippen LogP contribution in [0.5, 0.6) is 5.75 Å². The third-order valence-corrected chi connectivity index (χ3v) is 5.75. The molecule has 0 radical (unpaired) electrons. The number of hydrogen-bond donors (Lipinski definition) is 2. The number of hydrazone groups is 1. The maximum atomic E-state index is 12.1. The fraction of sp³-hybridized carbons (Fsp3) is 0.118. The maximum Gasteiger partial charge on any atom is 0.253 e. The fourth-order valence-electron chi connectivity index (χ4n) is 1.99. The second kappa shape index (κ2) is 7.86. The summed E-state index contributed by atoms with van der Waals surface area (Å²) in [5.41, 5.74) is 3.82. The van der Waals surface area contributed by atoms with Crippen molar-refractivity contribution in [2.75, 3.05) is 0 Å². The average Bonchev–Trinajstić information content (AvgIpc) is 3.00. The highest BCUT2D eigenvalue weighted by Crippen LogP contribution is 2.31. The molecule has 2 N–H and O–H groups in total. The van der Waals surface area contributed by atoms with Gasteiger partial charge in [0.25, 0.3) is 5.91 Å². The molecule has 1 aromatic heterocycles. The zero-order valence-electron chi connectivity index (χ0n) is 13.1. The normalized spacial score (nSPS) is 12.6. The van der Waals surface area contributed by atoms with Crippen molar-refractivity contribution in [3.05, 3.63) is 53.1 Å². The predicted molar refractivity (Wildman–Crippen MR) is 104 cm³/mol. The van der Waals surface area contributed by atoms with Gasteiger partial charge in [-0.15, -0.1) is 11.3 Å². The number of halogens is 1. The SMILES string of the molecule is CC(Sc1nc2ccccc2s1)C(=O)N/N=C/c1cc(Cl)ccc1O. The summed E-state index contributed by atoms with van der Waals surface area (Å²) in [6.45, 7) is 1.79. The van der Waals surface area contributed by atoms with Gasteiger partial charge in [0, 0.05) is 10.6 Å². The van der Waals surface area contributed by atoms with Crippen LogP contribution in [0.2, 0.25) is 5.02 Å². The van der Waals surface area contributed by atoms with E-state index in [0.717, 1.165) is 14.6 Å². The fourth-order valence-corrected chi connectivity index (χ4v) is 4.38. The lowest BCUT2D eigenvalue weighted by atomic mass is 10.2. The van der Waals surface area contributed by atoms with Gasteiger partial charge < -0.3 is 5.11 Å². The van der Waals surface area contributed by atoms with Crippen LogP contribution in [0.3, 0.4) is 0 Å². The number of aromatic hydroxyl groups is 1. The molecule has 0 aliphatic rings. The standard InChI is InChI=1S/C17H14ClN3O2S2/c1-10(24-17-20-13-4-2-3-5-15(13)25-17)16(23)21-19-9-11-8-12(18)6-7-14(11)22/h2-10,22H,1H3,(H,21,23)/b19-9+. The van der Waals surface area contributed by atoms with E-state index in [9.17, 15) is 9.90 Å². The Morgan fingerprint density at radius 3 is 3.00 bits per heavy atom. The first kappa shape index (κ1) is 17.7. The summed E-state index contributed by atoms with van der Waals surface area (Å²) in [5, 5.41) is 13.7. The average molecular weight is 392 g/mol. The van der Waals surface area contributed by atoms with Crippen molar-refractivity contribution in [1.29, 1.82) is 0 Å². The van der Waals surface area contributed by atoms with Crippen LogP contribution in [0.25, 0.3) is 10.2 Å². The number of nitrogens with zero attached hydrogens (tertiary/aromatic N) is 2. The Bertz CT molecular complexity index is 910. The predicted octanol–water partition coefficient (Wildman–Crippen LogP) is 4.29. The first-order valence-corrected chi connectivity index (χ1v) is 9.44. The van der Waals surface area contributed by atoms with Crippen LogP contribution >= 0.6 is 34.7 Å².